The van der Waals surface area contributed by atoms with Gasteiger partial charge in [-0.15, -0.1) is 3.89 Å². The monoisotopic (exact) mass is 397 g/mol. The molecule has 2 aromatic rings. The molecule has 146 valence electrons. The number of anilines is 1. The number of hydrogen-bond acceptors (Lipinski definition) is 6. The largest absolute Gasteiger partial charge is 0.442 e. The van der Waals surface area contributed by atoms with Crippen LogP contribution in [0.5, 0.6) is 0 Å². The number of rotatable bonds is 3. The molecular weight excluding hydrogens is 377 g/mol. The minimum Gasteiger partial charge on any atom is -0.442 e. The van der Waals surface area contributed by atoms with Gasteiger partial charge in [-0.3, -0.25) is 4.79 Å². The van der Waals surface area contributed by atoms with Crippen LogP contribution in [-0.2, 0) is 19.8 Å². The Morgan fingerprint density at radius 3 is 2.70 bits per heavy atom. The van der Waals surface area contributed by atoms with Gasteiger partial charge in [0.05, 0.1) is 23.2 Å². The fraction of sp³-hybridized carbons (Fsp3) is 0.471. The standard InChI is InChI=1S/C17H20FN3O5S/c1-17(2,3)26-16(23)21-14-6-4-5-13(12(14)8-19-21)20-9-11(7-15(20)22)10-27(18,24)25/h4-6,8,11H,7,9-10H2,1-3H3. The lowest BCUT2D eigenvalue weighted by Crippen LogP contribution is -2.27. The average molecular weight is 397 g/mol. The molecule has 2 heterocycles. The summed E-state index contributed by atoms with van der Waals surface area (Å²) in [4.78, 5) is 26.1. The van der Waals surface area contributed by atoms with Crippen LogP contribution in [0.25, 0.3) is 10.9 Å². The van der Waals surface area contributed by atoms with Gasteiger partial charge < -0.3 is 9.64 Å². The minimum absolute atomic E-state index is 0.0558. The third-order valence-corrected chi connectivity index (χ3v) is 4.96. The molecule has 1 amide bonds. The average Bonchev–Trinajstić information content (AvgIpc) is 3.07. The first-order chi connectivity index (χ1) is 12.4. The van der Waals surface area contributed by atoms with Crippen molar-refractivity contribution in [3.63, 3.8) is 0 Å². The van der Waals surface area contributed by atoms with E-state index in [0.717, 1.165) is 4.68 Å². The van der Waals surface area contributed by atoms with E-state index in [0.29, 0.717) is 16.6 Å². The van der Waals surface area contributed by atoms with E-state index in [-0.39, 0.29) is 18.9 Å². The number of carbonyl (C=O) groups is 2. The molecule has 27 heavy (non-hydrogen) atoms. The summed E-state index contributed by atoms with van der Waals surface area (Å²) in [7, 11) is -4.66. The van der Waals surface area contributed by atoms with E-state index < -0.39 is 33.6 Å². The van der Waals surface area contributed by atoms with Gasteiger partial charge in [0.1, 0.15) is 5.60 Å². The third-order valence-electron chi connectivity index (χ3n) is 4.09. The second-order valence-corrected chi connectivity index (χ2v) is 8.94. The molecule has 3 rings (SSSR count). The molecule has 1 aromatic heterocycles. The van der Waals surface area contributed by atoms with Crippen LogP contribution in [0, 0.1) is 5.92 Å². The Kier molecular flexibility index (Phi) is 4.71. The van der Waals surface area contributed by atoms with Crippen LogP contribution >= 0.6 is 0 Å². The number of aromatic nitrogens is 2. The van der Waals surface area contributed by atoms with E-state index in [1.165, 1.54) is 11.1 Å². The Hall–Kier alpha value is -2.49. The molecule has 1 aliphatic rings. The Balaban J connectivity index is 1.93. The number of amides is 1. The van der Waals surface area contributed by atoms with Crippen molar-refractivity contribution in [1.82, 2.24) is 9.78 Å². The lowest BCUT2D eigenvalue weighted by molar-refractivity contribution is -0.117. The fourth-order valence-corrected chi connectivity index (χ4v) is 3.92. The van der Waals surface area contributed by atoms with Gasteiger partial charge in [-0.05, 0) is 32.9 Å². The quantitative estimate of drug-likeness (QED) is 0.738. The summed E-state index contributed by atoms with van der Waals surface area (Å²) < 4.78 is 41.1. The molecule has 0 spiro atoms. The number of nitrogens with zero attached hydrogens (tertiary/aromatic N) is 3. The van der Waals surface area contributed by atoms with Crippen LogP contribution in [0.2, 0.25) is 0 Å². The highest BCUT2D eigenvalue weighted by atomic mass is 32.3. The van der Waals surface area contributed by atoms with Gasteiger partial charge in [0.15, 0.2) is 0 Å². The highest BCUT2D eigenvalue weighted by molar-refractivity contribution is 7.86. The van der Waals surface area contributed by atoms with E-state index >= 15 is 0 Å². The molecule has 1 aliphatic heterocycles. The molecule has 1 atom stereocenters. The van der Waals surface area contributed by atoms with E-state index in [1.807, 2.05) is 0 Å². The zero-order valence-corrected chi connectivity index (χ0v) is 16.0. The van der Waals surface area contributed by atoms with Crippen molar-refractivity contribution >= 4 is 38.8 Å². The Labute approximate surface area is 156 Å². The summed E-state index contributed by atoms with van der Waals surface area (Å²) in [6.07, 6.45) is 0.740. The Morgan fingerprint density at radius 1 is 1.37 bits per heavy atom. The van der Waals surface area contributed by atoms with Crippen LogP contribution < -0.4 is 4.90 Å². The van der Waals surface area contributed by atoms with Crippen molar-refractivity contribution in [1.29, 1.82) is 0 Å². The zero-order valence-electron chi connectivity index (χ0n) is 15.2. The zero-order chi connectivity index (χ0) is 20.0. The predicted octanol–water partition coefficient (Wildman–Crippen LogP) is 2.47. The van der Waals surface area contributed by atoms with Crippen molar-refractivity contribution in [2.45, 2.75) is 32.8 Å². The second kappa shape index (κ2) is 6.59. The molecule has 0 N–H and O–H groups in total. The summed E-state index contributed by atoms with van der Waals surface area (Å²) in [5.74, 6) is -1.62. The van der Waals surface area contributed by atoms with Crippen molar-refractivity contribution in [2.24, 2.45) is 5.92 Å². The maximum absolute atomic E-state index is 13.0. The van der Waals surface area contributed by atoms with Crippen LogP contribution in [0.1, 0.15) is 27.2 Å². The predicted molar refractivity (Wildman–Crippen MR) is 96.7 cm³/mol. The second-order valence-electron chi connectivity index (χ2n) is 7.53. The minimum atomic E-state index is -4.66. The first-order valence-electron chi connectivity index (χ1n) is 8.37. The first kappa shape index (κ1) is 19.3. The molecule has 1 aromatic carbocycles. The van der Waals surface area contributed by atoms with E-state index in [4.69, 9.17) is 4.74 Å². The SMILES string of the molecule is CC(C)(C)OC(=O)n1ncc2c(N3CC(CS(=O)(=O)F)CC3=O)cccc21. The molecule has 1 fully saturated rings. The van der Waals surface area contributed by atoms with Crippen LogP contribution in [-0.4, -0.2) is 48.1 Å². The summed E-state index contributed by atoms with van der Waals surface area (Å²) in [6, 6.07) is 5.00. The van der Waals surface area contributed by atoms with Crippen molar-refractivity contribution in [3.8, 4) is 0 Å². The summed E-state index contributed by atoms with van der Waals surface area (Å²) >= 11 is 0. The molecule has 0 bridgehead atoms. The van der Waals surface area contributed by atoms with Crippen molar-refractivity contribution in [2.75, 3.05) is 17.2 Å². The van der Waals surface area contributed by atoms with Gasteiger partial charge in [0.25, 0.3) is 0 Å². The van der Waals surface area contributed by atoms with Crippen LogP contribution in [0.4, 0.5) is 14.4 Å². The van der Waals surface area contributed by atoms with E-state index in [1.54, 1.807) is 39.0 Å². The molecule has 1 unspecified atom stereocenters. The summed E-state index contributed by atoms with van der Waals surface area (Å²) in [5.41, 5.74) is 0.255. The number of ether oxygens (including phenoxy) is 1. The lowest BCUT2D eigenvalue weighted by atomic mass is 10.1. The molecular formula is C17H20FN3O5S. The Bertz CT molecular complexity index is 1010. The number of halogens is 1. The summed E-state index contributed by atoms with van der Waals surface area (Å²) in [5, 5.41) is 4.61. The van der Waals surface area contributed by atoms with Crippen molar-refractivity contribution in [3.05, 3.63) is 24.4 Å². The van der Waals surface area contributed by atoms with E-state index in [9.17, 15) is 21.9 Å². The molecule has 0 aliphatic carbocycles. The smallest absolute Gasteiger partial charge is 0.435 e. The topological polar surface area (TPSA) is 98.6 Å². The van der Waals surface area contributed by atoms with Gasteiger partial charge in [0.2, 0.25) is 5.91 Å². The molecule has 1 saturated heterocycles. The molecule has 8 nitrogen and oxygen atoms in total. The number of benzene rings is 1. The van der Waals surface area contributed by atoms with Gasteiger partial charge in [0, 0.05) is 24.3 Å². The Morgan fingerprint density at radius 2 is 2.07 bits per heavy atom. The number of carbonyl (C=O) groups excluding carboxylic acids is 2. The molecule has 0 saturated carbocycles. The van der Waals surface area contributed by atoms with Crippen molar-refractivity contribution < 1.29 is 26.6 Å². The van der Waals surface area contributed by atoms with Crippen LogP contribution in [0.3, 0.4) is 0 Å². The van der Waals surface area contributed by atoms with Gasteiger partial charge in [-0.2, -0.15) is 18.2 Å². The maximum Gasteiger partial charge on any atom is 0.435 e. The van der Waals surface area contributed by atoms with Gasteiger partial charge >= 0.3 is 16.3 Å². The molecule has 0 radical (unpaired) electrons. The van der Waals surface area contributed by atoms with Gasteiger partial charge in [-0.1, -0.05) is 6.07 Å². The highest BCUT2D eigenvalue weighted by Gasteiger charge is 2.34. The van der Waals surface area contributed by atoms with Crippen LogP contribution in [0.15, 0.2) is 24.4 Å². The fourth-order valence-electron chi connectivity index (χ4n) is 3.13. The number of fused-ring (bicyclic) bond motifs is 1. The highest BCUT2D eigenvalue weighted by Crippen LogP contribution is 2.32. The normalized spacial score (nSPS) is 18.3. The lowest BCUT2D eigenvalue weighted by Gasteiger charge is -2.19. The third kappa shape index (κ3) is 4.26. The maximum atomic E-state index is 13.0. The van der Waals surface area contributed by atoms with E-state index in [2.05, 4.69) is 5.10 Å². The first-order valence-corrected chi connectivity index (χ1v) is 9.93. The summed E-state index contributed by atoms with van der Waals surface area (Å²) in [6.45, 7) is 5.30. The van der Waals surface area contributed by atoms with Gasteiger partial charge in [-0.25, -0.2) is 4.79 Å². The number of hydrogen-bond donors (Lipinski definition) is 0. The molecule has 10 heteroatoms.